The van der Waals surface area contributed by atoms with E-state index in [9.17, 15) is 35.1 Å². The zero-order valence-corrected chi connectivity index (χ0v) is 9.32. The molecule has 1 heterocycles. The molecule has 0 aliphatic rings. The molecule has 1 rings (SSSR count). The molecule has 114 valence electrons. The topological polar surface area (TPSA) is 48.1 Å². The van der Waals surface area contributed by atoms with Crippen LogP contribution < -0.4 is 10.5 Å². The van der Waals surface area contributed by atoms with Crippen LogP contribution in [-0.4, -0.2) is 11.3 Å². The fourth-order valence-electron chi connectivity index (χ4n) is 1.30. The molecule has 0 saturated carbocycles. The average Bonchev–Trinajstić information content (AvgIpc) is 2.25. The van der Waals surface area contributed by atoms with Crippen LogP contribution in [-0.2, 0) is 12.7 Å². The van der Waals surface area contributed by atoms with Crippen molar-refractivity contribution in [1.82, 2.24) is 4.98 Å². The van der Waals surface area contributed by atoms with E-state index in [4.69, 9.17) is 5.73 Å². The number of nitrogens with zero attached hydrogens (tertiary/aromatic N) is 1. The Bertz CT molecular complexity index is 482. The van der Waals surface area contributed by atoms with Gasteiger partial charge in [-0.1, -0.05) is 0 Å². The lowest BCUT2D eigenvalue weighted by atomic mass is 10.1. The second-order valence-electron chi connectivity index (χ2n) is 3.42. The molecule has 0 aliphatic heterocycles. The molecule has 0 radical (unpaired) electrons. The van der Waals surface area contributed by atoms with Crippen LogP contribution in [0.2, 0.25) is 0 Å². The number of nitrogens with two attached hydrogens (primary N) is 1. The molecule has 1 aromatic heterocycles. The van der Waals surface area contributed by atoms with Gasteiger partial charge in [-0.2, -0.15) is 13.2 Å². The van der Waals surface area contributed by atoms with Gasteiger partial charge in [-0.3, -0.25) is 0 Å². The van der Waals surface area contributed by atoms with E-state index in [1.54, 1.807) is 0 Å². The molecule has 0 unspecified atom stereocenters. The first kappa shape index (κ1) is 16.4. The molecule has 11 heteroatoms. The molecule has 0 bridgehead atoms. The number of rotatable bonds is 3. The minimum atomic E-state index is -5.45. The molecule has 0 aromatic carbocycles. The smallest absolute Gasteiger partial charge is 0.403 e. The molecule has 20 heavy (non-hydrogen) atoms. The molecule has 3 nitrogen and oxygen atoms in total. The highest BCUT2D eigenvalue weighted by Gasteiger charge is 2.42. The van der Waals surface area contributed by atoms with E-state index < -0.39 is 48.2 Å². The summed E-state index contributed by atoms with van der Waals surface area (Å²) < 4.78 is 102. The Morgan fingerprint density at radius 2 is 1.70 bits per heavy atom. The summed E-state index contributed by atoms with van der Waals surface area (Å²) in [5.74, 6) is -1.73. The highest BCUT2D eigenvalue weighted by molar-refractivity contribution is 5.41. The van der Waals surface area contributed by atoms with Crippen LogP contribution in [0.1, 0.15) is 23.4 Å². The fraction of sp³-hybridized carbons (Fsp3) is 0.444. The van der Waals surface area contributed by atoms with Crippen molar-refractivity contribution in [3.05, 3.63) is 23.0 Å². The van der Waals surface area contributed by atoms with Crippen molar-refractivity contribution in [2.75, 3.05) is 0 Å². The lowest BCUT2D eigenvalue weighted by Crippen LogP contribution is -2.23. The second kappa shape index (κ2) is 5.38. The number of alkyl halides is 8. The zero-order valence-electron chi connectivity index (χ0n) is 9.32. The van der Waals surface area contributed by atoms with Crippen molar-refractivity contribution in [1.29, 1.82) is 0 Å². The van der Waals surface area contributed by atoms with E-state index >= 15 is 0 Å². The minimum absolute atomic E-state index is 0.203. The van der Waals surface area contributed by atoms with Gasteiger partial charge >= 0.3 is 12.5 Å². The Morgan fingerprint density at radius 3 is 2.05 bits per heavy atom. The van der Waals surface area contributed by atoms with Gasteiger partial charge in [0.25, 0.3) is 6.43 Å². The largest absolute Gasteiger partial charge is 0.573 e. The molecule has 0 aliphatic carbocycles. The summed E-state index contributed by atoms with van der Waals surface area (Å²) in [6, 6.07) is -0.203. The maximum Gasteiger partial charge on any atom is 0.573 e. The van der Waals surface area contributed by atoms with Crippen molar-refractivity contribution in [2.24, 2.45) is 5.73 Å². The highest BCUT2D eigenvalue weighted by Crippen LogP contribution is 2.41. The summed E-state index contributed by atoms with van der Waals surface area (Å²) in [5, 5.41) is 0. The maximum atomic E-state index is 12.6. The SMILES string of the molecule is NCc1nc(C(F)F)cc(C(F)(F)F)c1OC(F)(F)F. The van der Waals surface area contributed by atoms with Crippen LogP contribution in [0.5, 0.6) is 5.75 Å². The first-order valence-corrected chi connectivity index (χ1v) is 4.80. The molecule has 0 atom stereocenters. The molecule has 0 fully saturated rings. The standard InChI is InChI=1S/C9H6F8N2O/c10-7(11)4-1-3(8(12,13)14)6(5(2-18)19-4)20-9(15,16)17/h1,7H,2,18H2. The van der Waals surface area contributed by atoms with E-state index in [1.165, 1.54) is 0 Å². The Morgan fingerprint density at radius 1 is 1.15 bits per heavy atom. The van der Waals surface area contributed by atoms with E-state index in [0.717, 1.165) is 0 Å². The van der Waals surface area contributed by atoms with Crippen molar-refractivity contribution in [3.63, 3.8) is 0 Å². The third kappa shape index (κ3) is 3.92. The number of pyridine rings is 1. The monoisotopic (exact) mass is 310 g/mol. The van der Waals surface area contributed by atoms with E-state index in [2.05, 4.69) is 9.72 Å². The molecular formula is C9H6F8N2O. The molecule has 2 N–H and O–H groups in total. The summed E-state index contributed by atoms with van der Waals surface area (Å²) in [4.78, 5) is 2.95. The number of hydrogen-bond donors (Lipinski definition) is 1. The van der Waals surface area contributed by atoms with Gasteiger partial charge < -0.3 is 10.5 Å². The zero-order chi connectivity index (χ0) is 15.7. The Kier molecular flexibility index (Phi) is 4.42. The quantitative estimate of drug-likeness (QED) is 0.871. The van der Waals surface area contributed by atoms with Crippen LogP contribution in [0, 0.1) is 0 Å². The predicted molar refractivity (Wildman–Crippen MR) is 48.8 cm³/mol. The van der Waals surface area contributed by atoms with E-state index in [-0.39, 0.29) is 6.07 Å². The minimum Gasteiger partial charge on any atom is -0.403 e. The normalized spacial score (nSPS) is 12.9. The number of ether oxygens (including phenoxy) is 1. The molecule has 0 amide bonds. The van der Waals surface area contributed by atoms with Crippen LogP contribution >= 0.6 is 0 Å². The van der Waals surface area contributed by atoms with E-state index in [0.29, 0.717) is 0 Å². The summed E-state index contributed by atoms with van der Waals surface area (Å²) in [5.41, 5.74) is 0.512. The maximum absolute atomic E-state index is 12.6. The van der Waals surface area contributed by atoms with Crippen molar-refractivity contribution in [3.8, 4) is 5.75 Å². The molecule has 1 aromatic rings. The van der Waals surface area contributed by atoms with Gasteiger partial charge in [0.2, 0.25) is 0 Å². The Balaban J connectivity index is 3.53. The van der Waals surface area contributed by atoms with Crippen molar-refractivity contribution >= 4 is 0 Å². The average molecular weight is 310 g/mol. The first-order chi connectivity index (χ1) is 8.95. The Labute approximate surface area is 106 Å². The van der Waals surface area contributed by atoms with Gasteiger partial charge in [0.15, 0.2) is 5.75 Å². The lowest BCUT2D eigenvalue weighted by Gasteiger charge is -2.18. The third-order valence-corrected chi connectivity index (χ3v) is 2.00. The van der Waals surface area contributed by atoms with Crippen LogP contribution in [0.25, 0.3) is 0 Å². The van der Waals surface area contributed by atoms with Gasteiger partial charge in [-0.25, -0.2) is 13.8 Å². The fourth-order valence-corrected chi connectivity index (χ4v) is 1.30. The molecular weight excluding hydrogens is 304 g/mol. The summed E-state index contributed by atoms with van der Waals surface area (Å²) in [6.45, 7) is -0.935. The molecule has 0 spiro atoms. The second-order valence-corrected chi connectivity index (χ2v) is 3.42. The van der Waals surface area contributed by atoms with Crippen LogP contribution in [0.15, 0.2) is 6.07 Å². The van der Waals surface area contributed by atoms with Crippen molar-refractivity contribution < 1.29 is 39.9 Å². The van der Waals surface area contributed by atoms with Gasteiger partial charge in [0.1, 0.15) is 11.3 Å². The molecule has 0 saturated heterocycles. The van der Waals surface area contributed by atoms with Gasteiger partial charge in [0, 0.05) is 6.54 Å². The summed E-state index contributed by atoms with van der Waals surface area (Å²) in [7, 11) is 0. The predicted octanol–water partition coefficient (Wildman–Crippen LogP) is 3.40. The van der Waals surface area contributed by atoms with Crippen molar-refractivity contribution in [2.45, 2.75) is 25.5 Å². The van der Waals surface area contributed by atoms with Gasteiger partial charge in [-0.15, -0.1) is 13.2 Å². The third-order valence-electron chi connectivity index (χ3n) is 2.00. The van der Waals surface area contributed by atoms with Crippen LogP contribution in [0.3, 0.4) is 0 Å². The van der Waals surface area contributed by atoms with Gasteiger partial charge in [-0.05, 0) is 6.07 Å². The van der Waals surface area contributed by atoms with Gasteiger partial charge in [0.05, 0.1) is 5.69 Å². The lowest BCUT2D eigenvalue weighted by molar-refractivity contribution is -0.276. The first-order valence-electron chi connectivity index (χ1n) is 4.80. The summed E-state index contributed by atoms with van der Waals surface area (Å²) in [6.07, 6.45) is -14.2. The number of halogens is 8. The highest BCUT2D eigenvalue weighted by atomic mass is 19.4. The summed E-state index contributed by atoms with van der Waals surface area (Å²) >= 11 is 0. The van der Waals surface area contributed by atoms with E-state index in [1.807, 2.05) is 0 Å². The Hall–Kier alpha value is -1.65. The number of hydrogen-bond acceptors (Lipinski definition) is 3. The number of aromatic nitrogens is 1. The van der Waals surface area contributed by atoms with Crippen LogP contribution in [0.4, 0.5) is 35.1 Å².